The Morgan fingerprint density at radius 3 is 3.00 bits per heavy atom. The number of thiazole rings is 1. The summed E-state index contributed by atoms with van der Waals surface area (Å²) in [5, 5.41) is 2.05. The van der Waals surface area contributed by atoms with Crippen LogP contribution in [0.25, 0.3) is 5.65 Å². The lowest BCUT2D eigenvalue weighted by Gasteiger charge is -2.35. The normalized spacial score (nSPS) is 23.3. The summed E-state index contributed by atoms with van der Waals surface area (Å²) in [5.74, 6) is 0.401. The van der Waals surface area contributed by atoms with Crippen molar-refractivity contribution in [2.24, 2.45) is 5.92 Å². The van der Waals surface area contributed by atoms with Gasteiger partial charge in [0.25, 0.3) is 0 Å². The van der Waals surface area contributed by atoms with E-state index in [-0.39, 0.29) is 12.0 Å². The van der Waals surface area contributed by atoms with Gasteiger partial charge in [0.05, 0.1) is 35.1 Å². The maximum Gasteiger partial charge on any atom is 0.227 e. The summed E-state index contributed by atoms with van der Waals surface area (Å²) in [7, 11) is 0. The van der Waals surface area contributed by atoms with Crippen LogP contribution in [-0.2, 0) is 17.9 Å². The van der Waals surface area contributed by atoms with Crippen LogP contribution in [0.2, 0.25) is 0 Å². The zero-order chi connectivity index (χ0) is 18.4. The van der Waals surface area contributed by atoms with Crippen LogP contribution in [0.1, 0.15) is 29.9 Å². The van der Waals surface area contributed by atoms with Crippen molar-refractivity contribution in [3.8, 4) is 0 Å². The molecule has 0 N–H and O–H groups in total. The molecule has 3 aliphatic rings. The molecule has 6 heterocycles. The fourth-order valence-electron chi connectivity index (χ4n) is 4.52. The average Bonchev–Trinajstić information content (AvgIpc) is 3.19. The smallest absolute Gasteiger partial charge is 0.227 e. The van der Waals surface area contributed by atoms with Crippen molar-refractivity contribution in [2.75, 3.05) is 13.1 Å². The molecule has 0 radical (unpaired) electrons. The van der Waals surface area contributed by atoms with Crippen LogP contribution in [0.4, 0.5) is 0 Å². The maximum absolute atomic E-state index is 13.0. The Labute approximate surface area is 162 Å². The lowest BCUT2D eigenvalue weighted by atomic mass is 9.94. The molecule has 3 aromatic rings. The second-order valence-corrected chi connectivity index (χ2v) is 8.36. The van der Waals surface area contributed by atoms with Gasteiger partial charge >= 0.3 is 0 Å². The molecular formula is C20H23N5OS. The highest BCUT2D eigenvalue weighted by molar-refractivity contribution is 7.07. The maximum atomic E-state index is 13.0. The van der Waals surface area contributed by atoms with Crippen LogP contribution in [-0.4, -0.2) is 49.2 Å². The molecule has 6 nitrogen and oxygen atoms in total. The molecule has 2 bridgehead atoms. The van der Waals surface area contributed by atoms with E-state index < -0.39 is 0 Å². The largest absolute Gasteiger partial charge is 0.332 e. The molecule has 1 amide bonds. The molecule has 3 saturated heterocycles. The minimum Gasteiger partial charge on any atom is -0.332 e. The van der Waals surface area contributed by atoms with Gasteiger partial charge in [0.2, 0.25) is 5.91 Å². The first kappa shape index (κ1) is 16.9. The van der Waals surface area contributed by atoms with Crippen LogP contribution < -0.4 is 0 Å². The number of rotatable bonds is 4. The van der Waals surface area contributed by atoms with E-state index in [1.807, 2.05) is 29.1 Å². The Morgan fingerprint density at radius 2 is 2.15 bits per heavy atom. The van der Waals surface area contributed by atoms with E-state index in [2.05, 4.69) is 37.3 Å². The number of piperidine rings is 1. The number of hydrogen-bond acceptors (Lipinski definition) is 5. The number of aromatic nitrogens is 3. The summed E-state index contributed by atoms with van der Waals surface area (Å²) in [4.78, 5) is 26.6. The second kappa shape index (κ2) is 6.73. The van der Waals surface area contributed by atoms with Gasteiger partial charge in [0.15, 0.2) is 0 Å². The summed E-state index contributed by atoms with van der Waals surface area (Å²) in [5.41, 5.74) is 6.14. The average molecular weight is 382 g/mol. The Bertz CT molecular complexity index is 966. The minimum atomic E-state index is 0.0990. The number of amides is 1. The number of nitrogens with zero attached hydrogens (tertiary/aromatic N) is 5. The molecule has 2 atom stereocenters. The van der Waals surface area contributed by atoms with Gasteiger partial charge in [0, 0.05) is 37.3 Å². The fraction of sp³-hybridized carbons (Fsp3) is 0.450. The van der Waals surface area contributed by atoms with Gasteiger partial charge in [-0.2, -0.15) is 0 Å². The summed E-state index contributed by atoms with van der Waals surface area (Å²) >= 11 is 1.59. The van der Waals surface area contributed by atoms with E-state index in [0.29, 0.717) is 12.5 Å². The molecule has 3 aliphatic heterocycles. The van der Waals surface area contributed by atoms with Gasteiger partial charge in [-0.1, -0.05) is 6.07 Å². The van der Waals surface area contributed by atoms with Gasteiger partial charge in [-0.25, -0.2) is 9.97 Å². The van der Waals surface area contributed by atoms with E-state index in [1.165, 1.54) is 5.69 Å². The Kier molecular flexibility index (Phi) is 4.21. The van der Waals surface area contributed by atoms with Crippen molar-refractivity contribution >= 4 is 22.9 Å². The van der Waals surface area contributed by atoms with Crippen molar-refractivity contribution in [1.82, 2.24) is 24.2 Å². The zero-order valence-corrected chi connectivity index (χ0v) is 16.2. The van der Waals surface area contributed by atoms with E-state index in [0.717, 1.165) is 49.5 Å². The van der Waals surface area contributed by atoms with E-state index in [1.54, 1.807) is 11.3 Å². The molecule has 0 saturated carbocycles. The van der Waals surface area contributed by atoms with E-state index >= 15 is 0 Å². The molecule has 0 aliphatic carbocycles. The van der Waals surface area contributed by atoms with Gasteiger partial charge in [-0.3, -0.25) is 9.69 Å². The molecule has 3 aromatic heterocycles. The highest BCUT2D eigenvalue weighted by Crippen LogP contribution is 2.31. The number of aryl methyl sites for hydroxylation is 1. The number of fused-ring (bicyclic) bond motifs is 5. The Balaban J connectivity index is 1.39. The lowest BCUT2D eigenvalue weighted by Crippen LogP contribution is -2.47. The molecule has 0 spiro atoms. The van der Waals surface area contributed by atoms with E-state index in [9.17, 15) is 4.79 Å². The van der Waals surface area contributed by atoms with Crippen molar-refractivity contribution in [3.63, 3.8) is 0 Å². The first-order valence-corrected chi connectivity index (χ1v) is 10.5. The van der Waals surface area contributed by atoms with Crippen molar-refractivity contribution in [3.05, 3.63) is 52.4 Å². The summed E-state index contributed by atoms with van der Waals surface area (Å²) in [6.45, 7) is 5.32. The Morgan fingerprint density at radius 1 is 1.22 bits per heavy atom. The zero-order valence-electron chi connectivity index (χ0n) is 15.4. The number of hydrogen-bond donors (Lipinski definition) is 0. The van der Waals surface area contributed by atoms with Crippen molar-refractivity contribution in [2.45, 2.75) is 38.9 Å². The minimum absolute atomic E-state index is 0.0990. The highest BCUT2D eigenvalue weighted by Gasteiger charge is 2.40. The van der Waals surface area contributed by atoms with Crippen LogP contribution in [0.5, 0.6) is 0 Å². The third-order valence-corrected chi connectivity index (χ3v) is 6.52. The molecule has 0 unspecified atom stereocenters. The van der Waals surface area contributed by atoms with Crippen molar-refractivity contribution in [1.29, 1.82) is 0 Å². The molecule has 3 fully saturated rings. The van der Waals surface area contributed by atoms with Crippen LogP contribution in [0, 0.1) is 12.8 Å². The van der Waals surface area contributed by atoms with Gasteiger partial charge < -0.3 is 9.30 Å². The number of pyridine rings is 1. The standard InChI is InChI=1S/C20H23N5OS/c1-14-18(24-7-3-2-4-19(24)22-14)11-23-8-15-5-6-17(10-23)25(20(15)26)9-16-12-27-13-21-16/h2-4,7,12-13,15,17H,5-6,8-11H2,1H3/t15-,17+/m0/s1. The van der Waals surface area contributed by atoms with Crippen LogP contribution in [0.15, 0.2) is 35.3 Å². The predicted octanol–water partition coefficient (Wildman–Crippen LogP) is 2.72. The topological polar surface area (TPSA) is 53.7 Å². The van der Waals surface area contributed by atoms with Gasteiger partial charge in [0.1, 0.15) is 5.65 Å². The first-order valence-electron chi connectivity index (χ1n) is 9.51. The summed E-state index contributed by atoms with van der Waals surface area (Å²) < 4.78 is 2.18. The molecule has 6 rings (SSSR count). The monoisotopic (exact) mass is 381 g/mol. The van der Waals surface area contributed by atoms with Crippen LogP contribution in [0.3, 0.4) is 0 Å². The summed E-state index contributed by atoms with van der Waals surface area (Å²) in [6, 6.07) is 6.38. The molecule has 27 heavy (non-hydrogen) atoms. The SMILES string of the molecule is Cc1nc2ccccn2c1CN1C[C@@H]2CC[C@H](C1)N(Cc1cscn1)C2=O. The fourth-order valence-corrected chi connectivity index (χ4v) is 5.07. The Hall–Kier alpha value is -2.25. The third-order valence-electron chi connectivity index (χ3n) is 5.89. The molecular weight excluding hydrogens is 358 g/mol. The van der Waals surface area contributed by atoms with Gasteiger partial charge in [-0.15, -0.1) is 11.3 Å². The first-order chi connectivity index (χ1) is 13.2. The summed E-state index contributed by atoms with van der Waals surface area (Å²) in [6.07, 6.45) is 4.17. The van der Waals surface area contributed by atoms with Crippen LogP contribution >= 0.6 is 11.3 Å². The highest BCUT2D eigenvalue weighted by atomic mass is 32.1. The van der Waals surface area contributed by atoms with E-state index in [4.69, 9.17) is 0 Å². The second-order valence-electron chi connectivity index (χ2n) is 7.64. The quantitative estimate of drug-likeness (QED) is 0.697. The number of imidazole rings is 1. The predicted molar refractivity (Wildman–Crippen MR) is 104 cm³/mol. The number of carbonyl (C=O) groups is 1. The lowest BCUT2D eigenvalue weighted by molar-refractivity contribution is -0.140. The molecule has 140 valence electrons. The molecule has 7 heteroatoms. The third kappa shape index (κ3) is 3.04. The van der Waals surface area contributed by atoms with Gasteiger partial charge in [-0.05, 0) is 31.9 Å². The molecule has 0 aromatic carbocycles. The van der Waals surface area contributed by atoms with Crippen molar-refractivity contribution < 1.29 is 4.79 Å². The number of carbonyl (C=O) groups excluding carboxylic acids is 1.